The first-order valence-corrected chi connectivity index (χ1v) is 7.65. The zero-order valence-corrected chi connectivity index (χ0v) is 13.4. The molecule has 0 aliphatic heterocycles. The molecule has 0 unspecified atom stereocenters. The molecule has 0 aliphatic carbocycles. The van der Waals surface area contributed by atoms with Crippen LogP contribution in [0.15, 0.2) is 65.2 Å². The van der Waals surface area contributed by atoms with Gasteiger partial charge in [0.2, 0.25) is 5.91 Å². The molecule has 1 amide bonds. The van der Waals surface area contributed by atoms with Crippen LogP contribution < -0.4 is 10.1 Å². The molecule has 0 spiro atoms. The second-order valence-corrected chi connectivity index (χ2v) is 5.35. The average molecular weight is 322 g/mol. The van der Waals surface area contributed by atoms with Crippen LogP contribution in [0.1, 0.15) is 11.3 Å². The van der Waals surface area contributed by atoms with Gasteiger partial charge in [0.1, 0.15) is 5.75 Å². The summed E-state index contributed by atoms with van der Waals surface area (Å²) >= 11 is 0. The number of ether oxygens (including phenoxy) is 1. The van der Waals surface area contributed by atoms with Gasteiger partial charge < -0.3 is 14.6 Å². The summed E-state index contributed by atoms with van der Waals surface area (Å²) in [6.45, 7) is 0.500. The smallest absolute Gasteiger partial charge is 0.226 e. The van der Waals surface area contributed by atoms with E-state index >= 15 is 0 Å². The van der Waals surface area contributed by atoms with Crippen molar-refractivity contribution in [3.8, 4) is 17.1 Å². The molecule has 24 heavy (non-hydrogen) atoms. The number of amides is 1. The molecule has 5 heteroatoms. The zero-order chi connectivity index (χ0) is 16.8. The molecule has 2 aromatic carbocycles. The van der Waals surface area contributed by atoms with Crippen molar-refractivity contribution in [2.45, 2.75) is 13.0 Å². The molecule has 0 bridgehead atoms. The number of carbonyl (C=O) groups is 1. The summed E-state index contributed by atoms with van der Waals surface area (Å²) in [5.74, 6) is 1.26. The predicted octanol–water partition coefficient (Wildman–Crippen LogP) is 3.21. The van der Waals surface area contributed by atoms with Crippen molar-refractivity contribution in [1.29, 1.82) is 0 Å². The van der Waals surface area contributed by atoms with Crippen LogP contribution in [-0.2, 0) is 17.8 Å². The molecule has 0 aliphatic rings. The number of nitrogens with one attached hydrogen (secondary N) is 1. The summed E-state index contributed by atoms with van der Waals surface area (Å²) in [6, 6.07) is 19.0. The summed E-state index contributed by atoms with van der Waals surface area (Å²) in [7, 11) is 1.61. The molecule has 3 aromatic rings. The van der Waals surface area contributed by atoms with E-state index in [1.165, 1.54) is 0 Å². The standard InChI is InChI=1S/C19H18N2O3/c1-23-17-9-5-8-15(10-17)18-11-16(21-24-18)12-19(22)20-13-14-6-3-2-4-7-14/h2-11H,12-13H2,1H3,(H,20,22). The zero-order valence-electron chi connectivity index (χ0n) is 13.4. The van der Waals surface area contributed by atoms with Gasteiger partial charge in [-0.25, -0.2) is 0 Å². The first kappa shape index (κ1) is 15.8. The molecule has 3 rings (SSSR count). The number of nitrogens with zero attached hydrogens (tertiary/aromatic N) is 1. The molecule has 1 aromatic heterocycles. The second kappa shape index (κ2) is 7.46. The van der Waals surface area contributed by atoms with Gasteiger partial charge in [-0.1, -0.05) is 47.6 Å². The van der Waals surface area contributed by atoms with Gasteiger partial charge in [-0.2, -0.15) is 0 Å². The molecule has 0 saturated heterocycles. The van der Waals surface area contributed by atoms with Crippen LogP contribution in [0.4, 0.5) is 0 Å². The van der Waals surface area contributed by atoms with Gasteiger partial charge in [0.15, 0.2) is 5.76 Å². The maximum absolute atomic E-state index is 12.0. The minimum atomic E-state index is -0.0932. The highest BCUT2D eigenvalue weighted by Gasteiger charge is 2.11. The summed E-state index contributed by atoms with van der Waals surface area (Å²) in [5, 5.41) is 6.84. The van der Waals surface area contributed by atoms with Gasteiger partial charge in [-0.15, -0.1) is 0 Å². The topological polar surface area (TPSA) is 64.4 Å². The molecule has 5 nitrogen and oxygen atoms in total. The Kier molecular flexibility index (Phi) is 4.91. The fourth-order valence-electron chi connectivity index (χ4n) is 2.33. The van der Waals surface area contributed by atoms with Crippen molar-refractivity contribution in [2.24, 2.45) is 0 Å². The number of hydrogen-bond acceptors (Lipinski definition) is 4. The third-order valence-corrected chi connectivity index (χ3v) is 3.59. The van der Waals surface area contributed by atoms with Gasteiger partial charge in [-0.3, -0.25) is 4.79 Å². The van der Waals surface area contributed by atoms with Crippen molar-refractivity contribution in [2.75, 3.05) is 7.11 Å². The van der Waals surface area contributed by atoms with E-state index in [0.717, 1.165) is 16.9 Å². The van der Waals surface area contributed by atoms with Crippen molar-refractivity contribution in [1.82, 2.24) is 10.5 Å². The third-order valence-electron chi connectivity index (χ3n) is 3.59. The first-order chi connectivity index (χ1) is 11.7. The Morgan fingerprint density at radius 1 is 1.12 bits per heavy atom. The number of hydrogen-bond donors (Lipinski definition) is 1. The number of aromatic nitrogens is 1. The first-order valence-electron chi connectivity index (χ1n) is 7.65. The minimum absolute atomic E-state index is 0.0932. The van der Waals surface area contributed by atoms with E-state index in [2.05, 4.69) is 10.5 Å². The van der Waals surface area contributed by atoms with E-state index in [1.54, 1.807) is 13.2 Å². The lowest BCUT2D eigenvalue weighted by molar-refractivity contribution is -0.120. The third kappa shape index (κ3) is 4.01. The van der Waals surface area contributed by atoms with Gasteiger partial charge >= 0.3 is 0 Å². The molecular weight excluding hydrogens is 304 g/mol. The highest BCUT2D eigenvalue weighted by molar-refractivity contribution is 5.78. The molecule has 0 atom stereocenters. The molecule has 0 fully saturated rings. The monoisotopic (exact) mass is 322 g/mol. The van der Waals surface area contributed by atoms with E-state index in [4.69, 9.17) is 9.26 Å². The number of carbonyl (C=O) groups excluding carboxylic acids is 1. The van der Waals surface area contributed by atoms with Crippen LogP contribution in [0.3, 0.4) is 0 Å². The van der Waals surface area contributed by atoms with E-state index in [0.29, 0.717) is 18.0 Å². The van der Waals surface area contributed by atoms with Crippen molar-refractivity contribution >= 4 is 5.91 Å². The molecule has 1 heterocycles. The molecule has 0 radical (unpaired) electrons. The van der Waals surface area contributed by atoms with Crippen LogP contribution in [0, 0.1) is 0 Å². The maximum Gasteiger partial charge on any atom is 0.226 e. The van der Waals surface area contributed by atoms with Gasteiger partial charge in [0, 0.05) is 18.2 Å². The number of benzene rings is 2. The molecule has 1 N–H and O–H groups in total. The summed E-state index contributed by atoms with van der Waals surface area (Å²) in [6.07, 6.45) is 0.181. The normalized spacial score (nSPS) is 10.4. The fourth-order valence-corrected chi connectivity index (χ4v) is 2.33. The van der Waals surface area contributed by atoms with Gasteiger partial charge in [0.05, 0.1) is 19.2 Å². The van der Waals surface area contributed by atoms with E-state index in [-0.39, 0.29) is 12.3 Å². The molecular formula is C19H18N2O3. The fraction of sp³-hybridized carbons (Fsp3) is 0.158. The minimum Gasteiger partial charge on any atom is -0.497 e. The van der Waals surface area contributed by atoms with Crippen LogP contribution in [0.25, 0.3) is 11.3 Å². The van der Waals surface area contributed by atoms with Crippen LogP contribution >= 0.6 is 0 Å². The second-order valence-electron chi connectivity index (χ2n) is 5.35. The van der Waals surface area contributed by atoms with E-state index < -0.39 is 0 Å². The van der Waals surface area contributed by atoms with Crippen LogP contribution in [-0.4, -0.2) is 18.2 Å². The van der Waals surface area contributed by atoms with Crippen molar-refractivity contribution in [3.05, 3.63) is 71.9 Å². The van der Waals surface area contributed by atoms with Gasteiger partial charge in [-0.05, 0) is 17.7 Å². The highest BCUT2D eigenvalue weighted by atomic mass is 16.5. The molecule has 0 saturated carbocycles. The Bertz CT molecular complexity index is 812. The van der Waals surface area contributed by atoms with E-state index in [1.807, 2.05) is 54.6 Å². The summed E-state index contributed by atoms with van der Waals surface area (Å²) < 4.78 is 10.5. The van der Waals surface area contributed by atoms with Crippen molar-refractivity contribution < 1.29 is 14.1 Å². The van der Waals surface area contributed by atoms with E-state index in [9.17, 15) is 4.79 Å². The number of rotatable bonds is 6. The predicted molar refractivity (Wildman–Crippen MR) is 90.5 cm³/mol. The Morgan fingerprint density at radius 3 is 2.75 bits per heavy atom. The lowest BCUT2D eigenvalue weighted by Gasteiger charge is -2.03. The van der Waals surface area contributed by atoms with Crippen LogP contribution in [0.5, 0.6) is 5.75 Å². The Morgan fingerprint density at radius 2 is 1.96 bits per heavy atom. The Balaban J connectivity index is 1.60. The Hall–Kier alpha value is -3.08. The highest BCUT2D eigenvalue weighted by Crippen LogP contribution is 2.24. The lowest BCUT2D eigenvalue weighted by Crippen LogP contribution is -2.24. The molecule has 122 valence electrons. The largest absolute Gasteiger partial charge is 0.497 e. The number of methoxy groups -OCH3 is 1. The quantitative estimate of drug-likeness (QED) is 0.757. The van der Waals surface area contributed by atoms with Crippen LogP contribution in [0.2, 0.25) is 0 Å². The maximum atomic E-state index is 12.0. The summed E-state index contributed by atoms with van der Waals surface area (Å²) in [4.78, 5) is 12.0. The average Bonchev–Trinajstić information content (AvgIpc) is 3.09. The summed E-state index contributed by atoms with van der Waals surface area (Å²) in [5.41, 5.74) is 2.51. The SMILES string of the molecule is COc1cccc(-c2cc(CC(=O)NCc3ccccc3)no2)c1. The van der Waals surface area contributed by atoms with Crippen molar-refractivity contribution in [3.63, 3.8) is 0 Å². The Labute approximate surface area is 140 Å². The lowest BCUT2D eigenvalue weighted by atomic mass is 10.1. The van der Waals surface area contributed by atoms with Gasteiger partial charge in [0.25, 0.3) is 0 Å².